The highest BCUT2D eigenvalue weighted by molar-refractivity contribution is 5.81. The number of carbonyl (C=O) groups excluding carboxylic acids is 1. The van der Waals surface area contributed by atoms with Crippen LogP contribution in [0.1, 0.15) is 39.0 Å². The third kappa shape index (κ3) is 1.99. The molecule has 0 spiro atoms. The van der Waals surface area contributed by atoms with Crippen molar-refractivity contribution >= 4 is 5.97 Å². The van der Waals surface area contributed by atoms with E-state index in [1.54, 1.807) is 6.92 Å². The summed E-state index contributed by atoms with van der Waals surface area (Å²) in [5.74, 6) is 3.04. The Bertz CT molecular complexity index is 352. The fourth-order valence-corrected chi connectivity index (χ4v) is 4.65. The summed E-state index contributed by atoms with van der Waals surface area (Å²) in [7, 11) is 0. The Kier molecular flexibility index (Phi) is 3.18. The Labute approximate surface area is 109 Å². The highest BCUT2D eigenvalue weighted by Gasteiger charge is 2.54. The number of esters is 1. The Balaban J connectivity index is 1.56. The summed E-state index contributed by atoms with van der Waals surface area (Å²) in [4.78, 5) is 11.1. The first-order chi connectivity index (χ1) is 8.69. The van der Waals surface area contributed by atoms with Crippen molar-refractivity contribution in [2.45, 2.75) is 51.4 Å². The molecule has 0 radical (unpaired) electrons. The van der Waals surface area contributed by atoms with Gasteiger partial charge in [-0.05, 0) is 56.3 Å². The minimum atomic E-state index is -0.445. The van der Waals surface area contributed by atoms with E-state index >= 15 is 0 Å². The van der Waals surface area contributed by atoms with Crippen LogP contribution in [0, 0.1) is 23.7 Å². The molecule has 3 aliphatic rings. The Morgan fingerprint density at radius 3 is 2.83 bits per heavy atom. The molecular formula is C15H22O3. The van der Waals surface area contributed by atoms with Crippen LogP contribution in [0.3, 0.4) is 0 Å². The van der Waals surface area contributed by atoms with Crippen molar-refractivity contribution < 1.29 is 14.3 Å². The standard InChI is InChI=1S/C15H22O3/c1-3-15(16)18-9(2)17-14-8-10-7-13(14)12-6-4-5-11(10)12/h3,9-14H,1,4-8H2,2H3. The molecule has 0 aromatic carbocycles. The lowest BCUT2D eigenvalue weighted by molar-refractivity contribution is -0.187. The van der Waals surface area contributed by atoms with Crippen LogP contribution in [0.5, 0.6) is 0 Å². The van der Waals surface area contributed by atoms with E-state index in [-0.39, 0.29) is 0 Å². The van der Waals surface area contributed by atoms with Crippen LogP contribution in [-0.4, -0.2) is 18.4 Å². The first kappa shape index (κ1) is 12.2. The van der Waals surface area contributed by atoms with Gasteiger partial charge in [-0.3, -0.25) is 0 Å². The molecule has 6 unspecified atom stereocenters. The highest BCUT2D eigenvalue weighted by atomic mass is 16.7. The fraction of sp³-hybridized carbons (Fsp3) is 0.800. The van der Waals surface area contributed by atoms with Gasteiger partial charge >= 0.3 is 5.97 Å². The van der Waals surface area contributed by atoms with Crippen LogP contribution in [-0.2, 0) is 14.3 Å². The number of rotatable bonds is 4. The summed E-state index contributed by atoms with van der Waals surface area (Å²) in [5.41, 5.74) is 0. The molecule has 6 atom stereocenters. The first-order valence-corrected chi connectivity index (χ1v) is 7.17. The van der Waals surface area contributed by atoms with Crippen molar-refractivity contribution in [1.82, 2.24) is 0 Å². The van der Waals surface area contributed by atoms with Crippen molar-refractivity contribution in [1.29, 1.82) is 0 Å². The predicted octanol–water partition coefficient (Wildman–Crippen LogP) is 2.90. The number of fused-ring (bicyclic) bond motifs is 5. The summed E-state index contributed by atoms with van der Waals surface area (Å²) in [6, 6.07) is 0. The van der Waals surface area contributed by atoms with Crippen LogP contribution < -0.4 is 0 Å². The van der Waals surface area contributed by atoms with E-state index in [2.05, 4.69) is 6.58 Å². The molecule has 3 aliphatic carbocycles. The lowest BCUT2D eigenvalue weighted by atomic mass is 9.80. The first-order valence-electron chi connectivity index (χ1n) is 7.17. The van der Waals surface area contributed by atoms with Gasteiger partial charge in [0.25, 0.3) is 0 Å². The van der Waals surface area contributed by atoms with Gasteiger partial charge in [0.1, 0.15) is 0 Å². The lowest BCUT2D eigenvalue weighted by Crippen LogP contribution is -2.34. The van der Waals surface area contributed by atoms with E-state index in [0.29, 0.717) is 12.0 Å². The third-order valence-corrected chi connectivity index (χ3v) is 5.18. The predicted molar refractivity (Wildman–Crippen MR) is 67.7 cm³/mol. The van der Waals surface area contributed by atoms with Crippen molar-refractivity contribution in [3.05, 3.63) is 12.7 Å². The minimum absolute atomic E-state index is 0.307. The number of carbonyl (C=O) groups is 1. The zero-order valence-corrected chi connectivity index (χ0v) is 11.0. The molecule has 0 N–H and O–H groups in total. The molecule has 0 aliphatic heterocycles. The summed E-state index contributed by atoms with van der Waals surface area (Å²) < 4.78 is 11.0. The molecule has 0 aromatic heterocycles. The average Bonchev–Trinajstić information content (AvgIpc) is 2.98. The topological polar surface area (TPSA) is 35.5 Å². The Morgan fingerprint density at radius 1 is 1.28 bits per heavy atom. The van der Waals surface area contributed by atoms with Gasteiger partial charge in [-0.2, -0.15) is 0 Å². The van der Waals surface area contributed by atoms with Crippen molar-refractivity contribution in [3.63, 3.8) is 0 Å². The van der Waals surface area contributed by atoms with Gasteiger partial charge < -0.3 is 9.47 Å². The number of hydrogen-bond donors (Lipinski definition) is 0. The maximum Gasteiger partial charge on any atom is 0.332 e. The van der Waals surface area contributed by atoms with Crippen molar-refractivity contribution in [3.8, 4) is 0 Å². The number of hydrogen-bond acceptors (Lipinski definition) is 3. The van der Waals surface area contributed by atoms with E-state index in [9.17, 15) is 4.79 Å². The molecule has 0 amide bonds. The van der Waals surface area contributed by atoms with E-state index in [0.717, 1.165) is 17.8 Å². The maximum absolute atomic E-state index is 11.1. The van der Waals surface area contributed by atoms with Crippen LogP contribution in [0.4, 0.5) is 0 Å². The molecule has 3 saturated carbocycles. The molecular weight excluding hydrogens is 228 g/mol. The average molecular weight is 250 g/mol. The molecule has 3 heteroatoms. The van der Waals surface area contributed by atoms with Gasteiger partial charge in [0.15, 0.2) is 0 Å². The second kappa shape index (κ2) is 4.69. The van der Waals surface area contributed by atoms with E-state index in [4.69, 9.17) is 9.47 Å². The van der Waals surface area contributed by atoms with Gasteiger partial charge in [-0.25, -0.2) is 4.79 Å². The monoisotopic (exact) mass is 250 g/mol. The maximum atomic E-state index is 11.1. The van der Waals surface area contributed by atoms with E-state index in [1.807, 2.05) is 0 Å². The Morgan fingerprint density at radius 2 is 2.06 bits per heavy atom. The van der Waals surface area contributed by atoms with Gasteiger partial charge in [0, 0.05) is 6.08 Å². The molecule has 2 bridgehead atoms. The van der Waals surface area contributed by atoms with Gasteiger partial charge in [0.05, 0.1) is 6.10 Å². The fourth-order valence-electron chi connectivity index (χ4n) is 4.65. The van der Waals surface area contributed by atoms with E-state index in [1.165, 1.54) is 38.2 Å². The van der Waals surface area contributed by atoms with Crippen LogP contribution >= 0.6 is 0 Å². The van der Waals surface area contributed by atoms with Crippen LogP contribution in [0.2, 0.25) is 0 Å². The molecule has 3 nitrogen and oxygen atoms in total. The molecule has 3 fully saturated rings. The molecule has 0 saturated heterocycles. The van der Waals surface area contributed by atoms with Gasteiger partial charge in [-0.1, -0.05) is 13.0 Å². The second-order valence-electron chi connectivity index (χ2n) is 6.04. The molecule has 0 aromatic rings. The SMILES string of the molecule is C=CC(=O)OC(C)OC1CC2CC1C1CCCC21. The summed E-state index contributed by atoms with van der Waals surface area (Å²) >= 11 is 0. The van der Waals surface area contributed by atoms with Crippen LogP contribution in [0.25, 0.3) is 0 Å². The minimum Gasteiger partial charge on any atom is -0.433 e. The summed E-state index contributed by atoms with van der Waals surface area (Å²) in [5, 5.41) is 0. The third-order valence-electron chi connectivity index (χ3n) is 5.18. The lowest BCUT2D eigenvalue weighted by Gasteiger charge is -2.32. The Hall–Kier alpha value is -0.830. The smallest absolute Gasteiger partial charge is 0.332 e. The van der Waals surface area contributed by atoms with Crippen LogP contribution in [0.15, 0.2) is 12.7 Å². The molecule has 18 heavy (non-hydrogen) atoms. The summed E-state index contributed by atoms with van der Waals surface area (Å²) in [6.07, 6.45) is 7.77. The normalized spacial score (nSPS) is 42.6. The largest absolute Gasteiger partial charge is 0.433 e. The quantitative estimate of drug-likeness (QED) is 0.437. The summed E-state index contributed by atoms with van der Waals surface area (Å²) in [6.45, 7) is 5.20. The highest BCUT2D eigenvalue weighted by Crippen LogP contribution is 2.59. The van der Waals surface area contributed by atoms with E-state index < -0.39 is 12.3 Å². The van der Waals surface area contributed by atoms with Gasteiger partial charge in [0.2, 0.25) is 6.29 Å². The number of ether oxygens (including phenoxy) is 2. The molecule has 3 rings (SSSR count). The van der Waals surface area contributed by atoms with Crippen molar-refractivity contribution in [2.75, 3.05) is 0 Å². The molecule has 100 valence electrons. The van der Waals surface area contributed by atoms with Gasteiger partial charge in [-0.15, -0.1) is 0 Å². The van der Waals surface area contributed by atoms with Crippen molar-refractivity contribution in [2.24, 2.45) is 23.7 Å². The second-order valence-corrected chi connectivity index (χ2v) is 6.04. The zero-order chi connectivity index (χ0) is 12.7. The molecule has 0 heterocycles. The zero-order valence-electron chi connectivity index (χ0n) is 11.0.